The molecule has 0 aliphatic heterocycles. The first-order valence-corrected chi connectivity index (χ1v) is 7.73. The van der Waals surface area contributed by atoms with Crippen molar-refractivity contribution in [2.24, 2.45) is 5.92 Å². The lowest BCUT2D eigenvalue weighted by molar-refractivity contribution is 0.0872. The van der Waals surface area contributed by atoms with Crippen LogP contribution in [0, 0.1) is 23.1 Å². The van der Waals surface area contributed by atoms with Crippen molar-refractivity contribution in [2.75, 3.05) is 0 Å². The number of nitrogens with one attached hydrogen (secondary N) is 1. The predicted molar refractivity (Wildman–Crippen MR) is 83.3 cm³/mol. The molecule has 3 rings (SSSR count). The molecule has 1 saturated carbocycles. The van der Waals surface area contributed by atoms with Gasteiger partial charge >= 0.3 is 0 Å². The van der Waals surface area contributed by atoms with Crippen molar-refractivity contribution < 1.29 is 14.3 Å². The normalized spacial score (nSPS) is 23.0. The highest BCUT2D eigenvalue weighted by atomic mass is 19.1. The Kier molecular flexibility index (Phi) is 4.58. The van der Waals surface area contributed by atoms with Gasteiger partial charge < -0.3 is 10.4 Å². The smallest absolute Gasteiger partial charge is 0.251 e. The van der Waals surface area contributed by atoms with Crippen LogP contribution >= 0.6 is 0 Å². The molecule has 3 atom stereocenters. The molecule has 0 spiro atoms. The number of carbonyl (C=O) groups is 1. The van der Waals surface area contributed by atoms with Crippen LogP contribution in [0.4, 0.5) is 4.39 Å². The lowest BCUT2D eigenvalue weighted by Crippen LogP contribution is -2.40. The number of aliphatic hydroxyl groups excluding tert-OH is 1. The summed E-state index contributed by atoms with van der Waals surface area (Å²) in [6, 6.07) is 6.82. The molecule has 124 valence electrons. The first-order chi connectivity index (χ1) is 11.6. The van der Waals surface area contributed by atoms with Gasteiger partial charge in [0, 0.05) is 24.5 Å². The third-order valence-electron chi connectivity index (χ3n) is 4.30. The summed E-state index contributed by atoms with van der Waals surface area (Å²) in [5.41, 5.74) is 0.0295. The number of aromatic nitrogens is 2. The van der Waals surface area contributed by atoms with Gasteiger partial charge in [-0.05, 0) is 43.0 Å². The fourth-order valence-electron chi connectivity index (χ4n) is 3.10. The minimum Gasteiger partial charge on any atom is -0.391 e. The number of carbonyl (C=O) groups excluding carboxylic acids is 1. The zero-order valence-corrected chi connectivity index (χ0v) is 12.9. The molecule has 1 aromatic carbocycles. The molecule has 1 aliphatic carbocycles. The van der Waals surface area contributed by atoms with Gasteiger partial charge in [-0.2, -0.15) is 10.4 Å². The van der Waals surface area contributed by atoms with E-state index in [0.29, 0.717) is 19.4 Å². The summed E-state index contributed by atoms with van der Waals surface area (Å²) in [4.78, 5) is 12.3. The highest BCUT2D eigenvalue weighted by molar-refractivity contribution is 5.94. The Balaban J connectivity index is 1.63. The van der Waals surface area contributed by atoms with Crippen LogP contribution in [0.2, 0.25) is 0 Å². The Hall–Kier alpha value is -2.72. The summed E-state index contributed by atoms with van der Waals surface area (Å²) in [7, 11) is 0. The number of halogens is 1. The average Bonchev–Trinajstić information content (AvgIpc) is 3.18. The Morgan fingerprint density at radius 1 is 1.50 bits per heavy atom. The van der Waals surface area contributed by atoms with Gasteiger partial charge in [0.05, 0.1) is 17.7 Å². The molecule has 2 N–H and O–H groups in total. The topological polar surface area (TPSA) is 90.9 Å². The highest BCUT2D eigenvalue weighted by Crippen LogP contribution is 2.27. The number of amides is 1. The van der Waals surface area contributed by atoms with E-state index in [-0.39, 0.29) is 23.1 Å². The zero-order chi connectivity index (χ0) is 17.1. The molecule has 1 fully saturated rings. The fraction of sp³-hybridized carbons (Fsp3) is 0.353. The van der Waals surface area contributed by atoms with Crippen LogP contribution in [0.25, 0.3) is 0 Å². The van der Waals surface area contributed by atoms with E-state index in [1.807, 2.05) is 12.3 Å². The van der Waals surface area contributed by atoms with E-state index in [0.717, 1.165) is 6.07 Å². The third-order valence-corrected chi connectivity index (χ3v) is 4.30. The van der Waals surface area contributed by atoms with Crippen molar-refractivity contribution in [1.82, 2.24) is 15.1 Å². The first-order valence-electron chi connectivity index (χ1n) is 7.73. The molecule has 0 saturated heterocycles. The molecule has 1 unspecified atom stereocenters. The second-order valence-corrected chi connectivity index (χ2v) is 6.02. The molecule has 1 aliphatic rings. The first kappa shape index (κ1) is 16.1. The van der Waals surface area contributed by atoms with E-state index in [4.69, 9.17) is 5.26 Å². The van der Waals surface area contributed by atoms with Crippen molar-refractivity contribution in [3.8, 4) is 6.07 Å². The molecule has 1 amide bonds. The van der Waals surface area contributed by atoms with Crippen LogP contribution in [0.5, 0.6) is 0 Å². The van der Waals surface area contributed by atoms with E-state index >= 15 is 0 Å². The molecule has 2 aromatic rings. The van der Waals surface area contributed by atoms with E-state index < -0.39 is 17.8 Å². The van der Waals surface area contributed by atoms with Gasteiger partial charge in [0.15, 0.2) is 0 Å². The number of rotatable bonds is 4. The van der Waals surface area contributed by atoms with Crippen LogP contribution in [0.15, 0.2) is 36.7 Å². The second kappa shape index (κ2) is 6.81. The highest BCUT2D eigenvalue weighted by Gasteiger charge is 2.34. The minimum atomic E-state index is -0.658. The van der Waals surface area contributed by atoms with Crippen molar-refractivity contribution >= 4 is 5.91 Å². The minimum absolute atomic E-state index is 0.175. The Bertz CT molecular complexity index is 769. The Morgan fingerprint density at radius 2 is 2.33 bits per heavy atom. The summed E-state index contributed by atoms with van der Waals surface area (Å²) >= 11 is 0. The van der Waals surface area contributed by atoms with Gasteiger partial charge in [0.1, 0.15) is 11.9 Å². The van der Waals surface area contributed by atoms with Crippen molar-refractivity contribution in [3.05, 3.63) is 53.6 Å². The summed E-state index contributed by atoms with van der Waals surface area (Å²) < 4.78 is 15.1. The van der Waals surface area contributed by atoms with Crippen LogP contribution in [-0.4, -0.2) is 32.9 Å². The predicted octanol–water partition coefficient (Wildman–Crippen LogP) is 1.46. The van der Waals surface area contributed by atoms with Crippen LogP contribution in [0.1, 0.15) is 28.8 Å². The Labute approximate surface area is 138 Å². The van der Waals surface area contributed by atoms with Crippen LogP contribution in [-0.2, 0) is 6.54 Å². The lowest BCUT2D eigenvalue weighted by atomic mass is 10.1. The number of nitrogens with zero attached hydrogens (tertiary/aromatic N) is 3. The molecule has 6 nitrogen and oxygen atoms in total. The van der Waals surface area contributed by atoms with Crippen LogP contribution in [0.3, 0.4) is 0 Å². The number of benzene rings is 1. The summed E-state index contributed by atoms with van der Waals surface area (Å²) in [5, 5.41) is 25.9. The van der Waals surface area contributed by atoms with Crippen molar-refractivity contribution in [2.45, 2.75) is 31.5 Å². The third kappa shape index (κ3) is 3.44. The quantitative estimate of drug-likeness (QED) is 0.889. The molecular formula is C17H17FN4O2. The van der Waals surface area contributed by atoms with Gasteiger partial charge in [-0.1, -0.05) is 0 Å². The average molecular weight is 328 g/mol. The largest absolute Gasteiger partial charge is 0.391 e. The summed E-state index contributed by atoms with van der Waals surface area (Å²) in [6.45, 7) is 0.686. The molecule has 1 aromatic heterocycles. The summed E-state index contributed by atoms with van der Waals surface area (Å²) in [5.74, 6) is -0.863. The van der Waals surface area contributed by atoms with Gasteiger partial charge in [-0.15, -0.1) is 0 Å². The molecular weight excluding hydrogens is 311 g/mol. The molecule has 0 radical (unpaired) electrons. The lowest BCUT2D eigenvalue weighted by Gasteiger charge is -2.16. The SMILES string of the molecule is N#Cc1cc(C(=O)N[C@@H]2CC(Cn3cccn3)C[C@H]2O)ccc1F. The van der Waals surface area contributed by atoms with E-state index in [1.54, 1.807) is 16.9 Å². The fourth-order valence-corrected chi connectivity index (χ4v) is 3.10. The van der Waals surface area contributed by atoms with Crippen LogP contribution < -0.4 is 5.32 Å². The standard InChI is InChI=1S/C17H17FN4O2/c18-14-3-2-12(8-13(14)9-19)17(24)21-15-6-11(7-16(15)23)10-22-5-1-4-20-22/h1-5,8,11,15-16,23H,6-7,10H2,(H,21,24)/t11?,15-,16-/m1/s1. The van der Waals surface area contributed by atoms with Crippen molar-refractivity contribution in [3.63, 3.8) is 0 Å². The number of aliphatic hydroxyl groups is 1. The summed E-state index contributed by atoms with van der Waals surface area (Å²) in [6.07, 6.45) is 4.15. The second-order valence-electron chi connectivity index (χ2n) is 6.02. The van der Waals surface area contributed by atoms with E-state index in [2.05, 4.69) is 10.4 Å². The number of hydrogen-bond acceptors (Lipinski definition) is 4. The maximum atomic E-state index is 13.3. The number of hydrogen-bond donors (Lipinski definition) is 2. The molecule has 7 heteroatoms. The number of nitriles is 1. The van der Waals surface area contributed by atoms with Gasteiger partial charge in [-0.25, -0.2) is 4.39 Å². The van der Waals surface area contributed by atoms with E-state index in [9.17, 15) is 14.3 Å². The Morgan fingerprint density at radius 3 is 3.04 bits per heavy atom. The maximum absolute atomic E-state index is 13.3. The molecule has 1 heterocycles. The monoisotopic (exact) mass is 328 g/mol. The van der Waals surface area contributed by atoms with Crippen molar-refractivity contribution in [1.29, 1.82) is 5.26 Å². The molecule has 24 heavy (non-hydrogen) atoms. The van der Waals surface area contributed by atoms with Gasteiger partial charge in [-0.3, -0.25) is 9.48 Å². The zero-order valence-electron chi connectivity index (χ0n) is 12.9. The van der Waals surface area contributed by atoms with E-state index in [1.165, 1.54) is 12.1 Å². The van der Waals surface area contributed by atoms with Gasteiger partial charge in [0.2, 0.25) is 0 Å². The molecule has 0 bridgehead atoms. The maximum Gasteiger partial charge on any atom is 0.251 e. The van der Waals surface area contributed by atoms with Gasteiger partial charge in [0.25, 0.3) is 5.91 Å².